The Morgan fingerprint density at radius 2 is 2.18 bits per heavy atom. The van der Waals surface area contributed by atoms with Crippen molar-refractivity contribution < 1.29 is 13.9 Å². The number of hydrogen-bond acceptors (Lipinski definition) is 4. The highest BCUT2D eigenvalue weighted by Crippen LogP contribution is 2.20. The van der Waals surface area contributed by atoms with Crippen LogP contribution in [-0.2, 0) is 0 Å². The third kappa shape index (κ3) is 3.52. The molecule has 2 rings (SSSR count). The van der Waals surface area contributed by atoms with Gasteiger partial charge in [-0.2, -0.15) is 0 Å². The van der Waals surface area contributed by atoms with Crippen molar-refractivity contribution in [1.29, 1.82) is 0 Å². The number of pyridine rings is 1. The van der Waals surface area contributed by atoms with E-state index in [-0.39, 0.29) is 17.3 Å². The lowest BCUT2D eigenvalue weighted by Crippen LogP contribution is -2.29. The molecule has 0 saturated heterocycles. The summed E-state index contributed by atoms with van der Waals surface area (Å²) in [6, 6.07) is 7.03. The molecule has 1 amide bonds. The summed E-state index contributed by atoms with van der Waals surface area (Å²) in [5, 5.41) is 2.84. The lowest BCUT2D eigenvalue weighted by atomic mass is 10.1. The van der Waals surface area contributed by atoms with E-state index in [9.17, 15) is 9.18 Å². The Labute approximate surface area is 128 Å². The maximum absolute atomic E-state index is 13.3. The summed E-state index contributed by atoms with van der Waals surface area (Å²) in [7, 11) is 1.54. The Morgan fingerprint density at radius 1 is 1.41 bits per heavy atom. The van der Waals surface area contributed by atoms with Gasteiger partial charge in [-0.15, -0.1) is 0 Å². The minimum atomic E-state index is -0.501. The van der Waals surface area contributed by atoms with Crippen molar-refractivity contribution in [3.63, 3.8) is 0 Å². The number of rotatable bonds is 5. The molecule has 0 fully saturated rings. The third-order valence-corrected chi connectivity index (χ3v) is 3.34. The predicted molar refractivity (Wildman–Crippen MR) is 82.1 cm³/mol. The molecule has 0 aliphatic heterocycles. The molecule has 1 atom stereocenters. The van der Waals surface area contributed by atoms with Crippen LogP contribution in [0.3, 0.4) is 0 Å². The van der Waals surface area contributed by atoms with Crippen LogP contribution in [0.2, 0.25) is 0 Å². The van der Waals surface area contributed by atoms with Crippen LogP contribution in [0.15, 0.2) is 36.5 Å². The molecule has 6 heteroatoms. The lowest BCUT2D eigenvalue weighted by molar-refractivity contribution is 0.0936. The van der Waals surface area contributed by atoms with Gasteiger partial charge in [0.05, 0.1) is 18.7 Å². The topological polar surface area (TPSA) is 77.2 Å². The van der Waals surface area contributed by atoms with Crippen LogP contribution in [0.25, 0.3) is 0 Å². The summed E-state index contributed by atoms with van der Waals surface area (Å²) < 4.78 is 18.3. The number of carbonyl (C=O) groups is 1. The van der Waals surface area contributed by atoms with Crippen molar-refractivity contribution in [2.75, 3.05) is 12.8 Å². The molecule has 116 valence electrons. The van der Waals surface area contributed by atoms with Crippen molar-refractivity contribution in [1.82, 2.24) is 10.3 Å². The van der Waals surface area contributed by atoms with Crippen LogP contribution in [0.5, 0.6) is 5.88 Å². The van der Waals surface area contributed by atoms with Crippen molar-refractivity contribution in [3.8, 4) is 5.88 Å². The highest BCUT2D eigenvalue weighted by Gasteiger charge is 2.17. The molecule has 1 unspecified atom stereocenters. The molecule has 5 nitrogen and oxygen atoms in total. The Balaban J connectivity index is 2.18. The zero-order valence-electron chi connectivity index (χ0n) is 12.5. The monoisotopic (exact) mass is 303 g/mol. The summed E-state index contributed by atoms with van der Waals surface area (Å²) in [6.07, 6.45) is 2.30. The zero-order valence-corrected chi connectivity index (χ0v) is 12.5. The Hall–Kier alpha value is -2.63. The predicted octanol–water partition coefficient (Wildman–Crippen LogP) is 2.69. The first kappa shape index (κ1) is 15.8. The average molecular weight is 303 g/mol. The van der Waals surface area contributed by atoms with Gasteiger partial charge in [0.25, 0.3) is 5.91 Å². The van der Waals surface area contributed by atoms with E-state index in [1.807, 2.05) is 13.0 Å². The van der Waals surface area contributed by atoms with Crippen LogP contribution in [0.1, 0.15) is 35.3 Å². The number of aromatic nitrogens is 1. The van der Waals surface area contributed by atoms with E-state index >= 15 is 0 Å². The largest absolute Gasteiger partial charge is 0.481 e. The minimum absolute atomic E-state index is 0.125. The Bertz CT molecular complexity index is 659. The average Bonchev–Trinajstić information content (AvgIpc) is 2.54. The molecular formula is C16H18FN3O2. The molecule has 0 aliphatic carbocycles. The summed E-state index contributed by atoms with van der Waals surface area (Å²) in [5.74, 6) is -0.419. The van der Waals surface area contributed by atoms with E-state index < -0.39 is 11.7 Å². The van der Waals surface area contributed by atoms with E-state index in [4.69, 9.17) is 10.5 Å². The van der Waals surface area contributed by atoms with E-state index in [0.29, 0.717) is 12.3 Å². The molecule has 0 aliphatic rings. The number of nitrogens with one attached hydrogen (secondary N) is 1. The van der Waals surface area contributed by atoms with E-state index in [0.717, 1.165) is 11.6 Å². The molecule has 22 heavy (non-hydrogen) atoms. The molecule has 1 aromatic heterocycles. The van der Waals surface area contributed by atoms with Gasteiger partial charge in [0.15, 0.2) is 0 Å². The van der Waals surface area contributed by atoms with Gasteiger partial charge in [0, 0.05) is 18.0 Å². The van der Waals surface area contributed by atoms with Crippen LogP contribution in [0.4, 0.5) is 10.1 Å². The fraction of sp³-hybridized carbons (Fsp3) is 0.250. The van der Waals surface area contributed by atoms with Gasteiger partial charge in [-0.05, 0) is 30.2 Å². The number of carbonyl (C=O) groups excluding carboxylic acids is 1. The van der Waals surface area contributed by atoms with Crippen molar-refractivity contribution >= 4 is 11.6 Å². The fourth-order valence-electron chi connectivity index (χ4n) is 2.10. The molecule has 1 heterocycles. The molecule has 0 saturated carbocycles. The number of anilines is 1. The molecule has 3 N–H and O–H groups in total. The second-order valence-corrected chi connectivity index (χ2v) is 4.80. The van der Waals surface area contributed by atoms with E-state index in [2.05, 4.69) is 10.3 Å². The molecule has 1 aromatic carbocycles. The normalized spacial score (nSPS) is 11.8. The van der Waals surface area contributed by atoms with Gasteiger partial charge in [0.2, 0.25) is 5.88 Å². The van der Waals surface area contributed by atoms with Gasteiger partial charge >= 0.3 is 0 Å². The maximum atomic E-state index is 13.3. The number of benzene rings is 1. The summed E-state index contributed by atoms with van der Waals surface area (Å²) >= 11 is 0. The van der Waals surface area contributed by atoms with Crippen molar-refractivity contribution in [2.24, 2.45) is 0 Å². The number of hydrogen-bond donors (Lipinski definition) is 2. The summed E-state index contributed by atoms with van der Waals surface area (Å²) in [6.45, 7) is 1.93. The lowest BCUT2D eigenvalue weighted by Gasteiger charge is -2.18. The number of ether oxygens (including phenoxy) is 1. The highest BCUT2D eigenvalue weighted by molar-refractivity contribution is 5.99. The number of nitrogens with zero attached hydrogens (tertiary/aromatic N) is 1. The molecule has 0 radical (unpaired) electrons. The second-order valence-electron chi connectivity index (χ2n) is 4.80. The first-order valence-electron chi connectivity index (χ1n) is 6.91. The van der Waals surface area contributed by atoms with Gasteiger partial charge in [-0.1, -0.05) is 13.0 Å². The SMILES string of the molecule is CCC(NC(=O)c1cc(F)ccc1N)c1ccc(OC)nc1. The second kappa shape index (κ2) is 6.89. The van der Waals surface area contributed by atoms with Crippen molar-refractivity contribution in [3.05, 3.63) is 53.5 Å². The summed E-state index contributed by atoms with van der Waals surface area (Å²) in [5.41, 5.74) is 6.93. The highest BCUT2D eigenvalue weighted by atomic mass is 19.1. The van der Waals surface area contributed by atoms with Crippen LogP contribution >= 0.6 is 0 Å². The third-order valence-electron chi connectivity index (χ3n) is 3.34. The first-order valence-corrected chi connectivity index (χ1v) is 6.91. The number of methoxy groups -OCH3 is 1. The number of nitrogens with two attached hydrogens (primary N) is 1. The van der Waals surface area contributed by atoms with E-state index in [1.165, 1.54) is 19.2 Å². The molecule has 2 aromatic rings. The fourth-order valence-corrected chi connectivity index (χ4v) is 2.10. The standard InChI is InChI=1S/C16H18FN3O2/c1-3-14(10-4-7-15(22-2)19-9-10)20-16(21)12-8-11(17)5-6-13(12)18/h4-9,14H,3,18H2,1-2H3,(H,20,21). The van der Waals surface area contributed by atoms with Gasteiger partial charge in [-0.25, -0.2) is 9.37 Å². The number of halogens is 1. The minimum Gasteiger partial charge on any atom is -0.481 e. The molecular weight excluding hydrogens is 285 g/mol. The number of nitrogen functional groups attached to an aromatic ring is 1. The smallest absolute Gasteiger partial charge is 0.253 e. The molecule has 0 spiro atoms. The van der Waals surface area contributed by atoms with Crippen LogP contribution < -0.4 is 15.8 Å². The van der Waals surface area contributed by atoms with Crippen molar-refractivity contribution in [2.45, 2.75) is 19.4 Å². The zero-order chi connectivity index (χ0) is 16.1. The quantitative estimate of drug-likeness (QED) is 0.833. The Kier molecular flexibility index (Phi) is 4.93. The van der Waals surface area contributed by atoms with Gasteiger partial charge in [-0.3, -0.25) is 4.79 Å². The van der Waals surface area contributed by atoms with Crippen LogP contribution in [0, 0.1) is 5.82 Å². The summed E-state index contributed by atoms with van der Waals surface area (Å²) in [4.78, 5) is 16.4. The maximum Gasteiger partial charge on any atom is 0.253 e. The van der Waals surface area contributed by atoms with Gasteiger partial charge in [0.1, 0.15) is 5.82 Å². The van der Waals surface area contributed by atoms with Crippen LogP contribution in [-0.4, -0.2) is 18.0 Å². The first-order chi connectivity index (χ1) is 10.5. The molecule has 0 bridgehead atoms. The van der Waals surface area contributed by atoms with Gasteiger partial charge < -0.3 is 15.8 Å². The number of amides is 1. The van der Waals surface area contributed by atoms with E-state index in [1.54, 1.807) is 12.3 Å². The Morgan fingerprint density at radius 3 is 2.77 bits per heavy atom.